The lowest BCUT2D eigenvalue weighted by Gasteiger charge is -2.39. The van der Waals surface area contributed by atoms with Gasteiger partial charge in [0.2, 0.25) is 0 Å². The Labute approximate surface area is 359 Å². The number of para-hydroxylation sites is 2. The highest BCUT2D eigenvalue weighted by Gasteiger charge is 2.50. The summed E-state index contributed by atoms with van der Waals surface area (Å²) in [4.78, 5) is 5.03. The fourth-order valence-electron chi connectivity index (χ4n) is 11.1. The molecule has 1 aromatic heterocycles. The van der Waals surface area contributed by atoms with Gasteiger partial charge >= 0.3 is 0 Å². The molecule has 0 atom stereocenters. The highest BCUT2D eigenvalue weighted by molar-refractivity contribution is 7.99. The highest BCUT2D eigenvalue weighted by atomic mass is 32.2. The van der Waals surface area contributed by atoms with Crippen molar-refractivity contribution in [2.24, 2.45) is 0 Å². The molecule has 0 fully saturated rings. The van der Waals surface area contributed by atoms with Crippen molar-refractivity contribution in [2.45, 2.75) is 34.5 Å². The van der Waals surface area contributed by atoms with Crippen molar-refractivity contribution in [1.82, 2.24) is 0 Å². The van der Waals surface area contributed by atoms with Gasteiger partial charge in [-0.25, -0.2) is 0 Å². The summed E-state index contributed by atoms with van der Waals surface area (Å²) < 4.78 is 7.00. The lowest BCUT2D eigenvalue weighted by molar-refractivity contribution is 0.660. The molecule has 13 rings (SSSR count). The molecule has 0 amide bonds. The number of hydrogen-bond acceptors (Lipinski definition) is 3. The van der Waals surface area contributed by atoms with Crippen molar-refractivity contribution in [3.8, 4) is 33.4 Å². The molecule has 0 radical (unpaired) electrons. The molecule has 2 aliphatic carbocycles. The molecule has 0 N–H and O–H groups in total. The molecule has 1 spiro atoms. The lowest BCUT2D eigenvalue weighted by Crippen LogP contribution is -2.31. The van der Waals surface area contributed by atoms with Crippen LogP contribution in [0.5, 0.6) is 0 Å². The monoisotopic (exact) mass is 797 g/mol. The fourth-order valence-corrected chi connectivity index (χ4v) is 12.3. The summed E-state index contributed by atoms with van der Waals surface area (Å²) >= 11 is 1.88. The third kappa shape index (κ3) is 4.70. The van der Waals surface area contributed by atoms with Crippen molar-refractivity contribution in [3.05, 3.63) is 234 Å². The number of rotatable bonds is 4. The van der Waals surface area contributed by atoms with E-state index in [1.54, 1.807) is 0 Å². The molecule has 0 saturated heterocycles. The summed E-state index contributed by atoms with van der Waals surface area (Å²) in [6.45, 7) is 4.71. The van der Waals surface area contributed by atoms with Crippen LogP contribution in [0.4, 0.5) is 17.1 Å². The predicted molar refractivity (Wildman–Crippen MR) is 253 cm³/mol. The SMILES string of the molecule is CC1(C)c2ccccc2-c2ccc(N(c3ccccc3)c3ccccc3-c3cccc4oc5cc6c(cc5c34)-c3ccccc3C63c4ccccc4Sc4ccccc43)cc21. The number of anilines is 3. The zero-order chi connectivity index (χ0) is 40.5. The van der Waals surface area contributed by atoms with E-state index in [-0.39, 0.29) is 5.41 Å². The molecule has 9 aromatic carbocycles. The van der Waals surface area contributed by atoms with Gasteiger partial charge in [-0.2, -0.15) is 0 Å². The largest absolute Gasteiger partial charge is 0.456 e. The van der Waals surface area contributed by atoms with Crippen LogP contribution in [0.25, 0.3) is 55.3 Å². The van der Waals surface area contributed by atoms with E-state index in [9.17, 15) is 0 Å². The van der Waals surface area contributed by atoms with Crippen LogP contribution >= 0.6 is 11.8 Å². The van der Waals surface area contributed by atoms with Crippen molar-refractivity contribution >= 4 is 50.8 Å². The summed E-state index contributed by atoms with van der Waals surface area (Å²) in [5, 5.41) is 2.26. The summed E-state index contributed by atoms with van der Waals surface area (Å²) in [6, 6.07) is 73.9. The van der Waals surface area contributed by atoms with Crippen LogP contribution in [0.1, 0.15) is 47.2 Å². The van der Waals surface area contributed by atoms with Crippen molar-refractivity contribution in [2.75, 3.05) is 4.90 Å². The maximum atomic E-state index is 7.00. The molecular weight excluding hydrogens is 759 g/mol. The van der Waals surface area contributed by atoms with E-state index >= 15 is 0 Å². The van der Waals surface area contributed by atoms with E-state index < -0.39 is 5.41 Å². The van der Waals surface area contributed by atoms with Gasteiger partial charge in [-0.3, -0.25) is 0 Å². The second-order valence-corrected chi connectivity index (χ2v) is 18.2. The van der Waals surface area contributed by atoms with Crippen LogP contribution in [-0.2, 0) is 10.8 Å². The summed E-state index contributed by atoms with van der Waals surface area (Å²) in [6.07, 6.45) is 0. The molecule has 0 saturated carbocycles. The number of benzene rings is 9. The van der Waals surface area contributed by atoms with Gasteiger partial charge in [0.25, 0.3) is 0 Å². The number of furan rings is 1. The second kappa shape index (κ2) is 12.7. The first-order chi connectivity index (χ1) is 30.0. The van der Waals surface area contributed by atoms with Crippen LogP contribution < -0.4 is 4.90 Å². The minimum atomic E-state index is -0.463. The van der Waals surface area contributed by atoms with Crippen LogP contribution in [0.15, 0.2) is 214 Å². The maximum Gasteiger partial charge on any atom is 0.136 e. The fraction of sp³-hybridized carbons (Fsp3) is 0.0690. The Morgan fingerprint density at radius 1 is 0.393 bits per heavy atom. The standard InChI is InChI=1S/C58H39NOS/c1-57(2)45-23-9-6-19-38(45)40-32-31-37(33-49(40)57)59(36-17-4-3-5-18-36)51-27-13-8-21-41(51)42-22-16-28-52-56(42)44-34-43-39-20-7-10-24-46(39)58(50(43)35-53(44)60-52)47-25-11-14-29-54(47)61-55-30-15-12-26-48(55)58/h3-35H,1-2H3. The molecule has 2 heterocycles. The van der Waals surface area contributed by atoms with Crippen LogP contribution in [-0.4, -0.2) is 0 Å². The Morgan fingerprint density at radius 2 is 0.984 bits per heavy atom. The Bertz CT molecular complexity index is 3400. The first kappa shape index (κ1) is 34.8. The topological polar surface area (TPSA) is 16.4 Å². The van der Waals surface area contributed by atoms with Gasteiger partial charge < -0.3 is 9.32 Å². The van der Waals surface area contributed by atoms with Gasteiger partial charge in [0.05, 0.1) is 11.1 Å². The van der Waals surface area contributed by atoms with Gasteiger partial charge in [0, 0.05) is 42.9 Å². The van der Waals surface area contributed by atoms with E-state index in [2.05, 4.69) is 219 Å². The lowest BCUT2D eigenvalue weighted by atomic mass is 9.67. The van der Waals surface area contributed by atoms with E-state index in [1.807, 2.05) is 11.8 Å². The third-order valence-electron chi connectivity index (χ3n) is 13.7. The molecule has 0 unspecified atom stereocenters. The highest BCUT2D eigenvalue weighted by Crippen LogP contribution is 2.63. The average Bonchev–Trinajstić information content (AvgIpc) is 3.90. The summed E-state index contributed by atoms with van der Waals surface area (Å²) in [5.41, 5.74) is 20.0. The van der Waals surface area contributed by atoms with E-state index in [0.717, 1.165) is 50.1 Å². The number of nitrogens with zero attached hydrogens (tertiary/aromatic N) is 1. The number of fused-ring (bicyclic) bond motifs is 15. The molecule has 61 heavy (non-hydrogen) atoms. The summed E-state index contributed by atoms with van der Waals surface area (Å²) in [5.74, 6) is 0. The number of hydrogen-bond donors (Lipinski definition) is 0. The van der Waals surface area contributed by atoms with Crippen molar-refractivity contribution in [3.63, 3.8) is 0 Å². The Morgan fingerprint density at radius 3 is 1.74 bits per heavy atom. The first-order valence-corrected chi connectivity index (χ1v) is 22.0. The molecule has 0 bridgehead atoms. The Hall–Kier alpha value is -7.07. The average molecular weight is 798 g/mol. The third-order valence-corrected chi connectivity index (χ3v) is 14.9. The van der Waals surface area contributed by atoms with E-state index in [0.29, 0.717) is 0 Å². The quantitative estimate of drug-likeness (QED) is 0.176. The van der Waals surface area contributed by atoms with Gasteiger partial charge in [-0.05, 0) is 122 Å². The summed E-state index contributed by atoms with van der Waals surface area (Å²) in [7, 11) is 0. The Balaban J connectivity index is 1.04. The van der Waals surface area contributed by atoms with Crippen molar-refractivity contribution < 1.29 is 4.42 Å². The van der Waals surface area contributed by atoms with E-state index in [1.165, 1.54) is 65.4 Å². The predicted octanol–water partition coefficient (Wildman–Crippen LogP) is 15.9. The normalized spacial score (nSPS) is 14.6. The molecule has 3 aliphatic rings. The molecule has 288 valence electrons. The van der Waals surface area contributed by atoms with Crippen LogP contribution in [0.3, 0.4) is 0 Å². The molecular formula is C58H39NOS. The minimum Gasteiger partial charge on any atom is -0.456 e. The van der Waals surface area contributed by atoms with Gasteiger partial charge in [-0.1, -0.05) is 165 Å². The molecule has 1 aliphatic heterocycles. The van der Waals surface area contributed by atoms with Crippen molar-refractivity contribution in [1.29, 1.82) is 0 Å². The Kier molecular flexibility index (Phi) is 7.25. The van der Waals surface area contributed by atoms with Crippen LogP contribution in [0.2, 0.25) is 0 Å². The molecule has 2 nitrogen and oxygen atoms in total. The second-order valence-electron chi connectivity index (χ2n) is 17.2. The van der Waals surface area contributed by atoms with Gasteiger partial charge in [0.1, 0.15) is 11.2 Å². The molecule has 3 heteroatoms. The van der Waals surface area contributed by atoms with E-state index in [4.69, 9.17) is 4.42 Å². The smallest absolute Gasteiger partial charge is 0.136 e. The minimum absolute atomic E-state index is 0.122. The maximum absolute atomic E-state index is 7.00. The zero-order valence-corrected chi connectivity index (χ0v) is 34.6. The first-order valence-electron chi connectivity index (χ1n) is 21.2. The van der Waals surface area contributed by atoms with Gasteiger partial charge in [0.15, 0.2) is 0 Å². The molecule has 10 aromatic rings. The zero-order valence-electron chi connectivity index (χ0n) is 33.8. The van der Waals surface area contributed by atoms with Crippen LogP contribution in [0, 0.1) is 0 Å². The van der Waals surface area contributed by atoms with Gasteiger partial charge in [-0.15, -0.1) is 0 Å².